The second-order valence-electron chi connectivity index (χ2n) is 5.02. The highest BCUT2D eigenvalue weighted by atomic mass is 32.2. The van der Waals surface area contributed by atoms with Crippen molar-refractivity contribution in [2.24, 2.45) is 5.92 Å². The van der Waals surface area contributed by atoms with Crippen LogP contribution in [-0.4, -0.2) is 35.8 Å². The van der Waals surface area contributed by atoms with Gasteiger partial charge in [-0.25, -0.2) is 13.1 Å². The van der Waals surface area contributed by atoms with Gasteiger partial charge in [0.05, 0.1) is 19.2 Å². The fourth-order valence-corrected chi connectivity index (χ4v) is 2.64. The molecule has 0 aliphatic carbocycles. The number of aryl methyl sites for hydroxylation is 1. The minimum atomic E-state index is -3.56. The van der Waals surface area contributed by atoms with E-state index < -0.39 is 16.0 Å². The topological polar surface area (TPSA) is 101 Å². The van der Waals surface area contributed by atoms with Gasteiger partial charge in [-0.15, -0.1) is 0 Å². The molecule has 1 heterocycles. The van der Waals surface area contributed by atoms with Crippen LogP contribution in [0.4, 0.5) is 0 Å². The van der Waals surface area contributed by atoms with Gasteiger partial charge in [-0.3, -0.25) is 9.48 Å². The lowest BCUT2D eigenvalue weighted by atomic mass is 10.1. The van der Waals surface area contributed by atoms with Gasteiger partial charge in [0.2, 0.25) is 10.0 Å². The Labute approximate surface area is 119 Å². The molecule has 2 N–H and O–H groups in total. The van der Waals surface area contributed by atoms with Gasteiger partial charge in [-0.2, -0.15) is 5.10 Å². The molecule has 0 atom stereocenters. The first-order chi connectivity index (χ1) is 9.31. The summed E-state index contributed by atoms with van der Waals surface area (Å²) in [4.78, 5) is 10.5. The highest BCUT2D eigenvalue weighted by molar-refractivity contribution is 7.89. The van der Waals surface area contributed by atoms with E-state index in [0.717, 1.165) is 12.8 Å². The van der Waals surface area contributed by atoms with Gasteiger partial charge in [0.25, 0.3) is 0 Å². The Morgan fingerprint density at radius 2 is 2.20 bits per heavy atom. The average molecular weight is 303 g/mol. The molecule has 0 saturated carbocycles. The lowest BCUT2D eigenvalue weighted by Gasteiger charge is -2.06. The Morgan fingerprint density at radius 3 is 2.80 bits per heavy atom. The summed E-state index contributed by atoms with van der Waals surface area (Å²) < 4.78 is 27.7. The van der Waals surface area contributed by atoms with Gasteiger partial charge in [0, 0.05) is 12.7 Å². The summed E-state index contributed by atoms with van der Waals surface area (Å²) in [6.07, 6.45) is 4.22. The highest BCUT2D eigenvalue weighted by Gasteiger charge is 2.16. The molecule has 0 radical (unpaired) electrons. The van der Waals surface area contributed by atoms with Gasteiger partial charge in [-0.05, 0) is 18.8 Å². The average Bonchev–Trinajstić information content (AvgIpc) is 2.81. The molecule has 1 aromatic rings. The minimum Gasteiger partial charge on any atom is -0.481 e. The third-order valence-electron chi connectivity index (χ3n) is 2.72. The minimum absolute atomic E-state index is 0.0624. The lowest BCUT2D eigenvalue weighted by molar-refractivity contribution is -0.137. The number of hydrogen-bond donors (Lipinski definition) is 2. The number of hydrogen-bond acceptors (Lipinski definition) is 4. The molecule has 0 bridgehead atoms. The Morgan fingerprint density at radius 1 is 1.50 bits per heavy atom. The zero-order valence-electron chi connectivity index (χ0n) is 11.7. The van der Waals surface area contributed by atoms with Crippen molar-refractivity contribution >= 4 is 16.0 Å². The third kappa shape index (κ3) is 5.70. The summed E-state index contributed by atoms with van der Waals surface area (Å²) >= 11 is 0. The molecule has 0 aliphatic heterocycles. The maximum Gasteiger partial charge on any atom is 0.305 e. The molecule has 20 heavy (non-hydrogen) atoms. The number of rotatable bonds is 9. The number of aromatic nitrogens is 2. The molecule has 0 aromatic carbocycles. The van der Waals surface area contributed by atoms with E-state index in [2.05, 4.69) is 23.7 Å². The molecule has 0 spiro atoms. The molecule has 0 saturated heterocycles. The lowest BCUT2D eigenvalue weighted by Crippen LogP contribution is -2.24. The van der Waals surface area contributed by atoms with E-state index in [4.69, 9.17) is 5.11 Å². The number of nitrogens with one attached hydrogen (secondary N) is 1. The number of aliphatic carboxylic acids is 1. The number of sulfonamides is 1. The molecule has 1 rings (SSSR count). The Hall–Kier alpha value is -1.41. The van der Waals surface area contributed by atoms with Gasteiger partial charge >= 0.3 is 5.97 Å². The van der Waals surface area contributed by atoms with Gasteiger partial charge in [0.15, 0.2) is 0 Å². The zero-order valence-corrected chi connectivity index (χ0v) is 12.6. The van der Waals surface area contributed by atoms with Crippen molar-refractivity contribution in [2.45, 2.75) is 44.6 Å². The molecule has 7 nitrogen and oxygen atoms in total. The van der Waals surface area contributed by atoms with Crippen molar-refractivity contribution in [2.75, 3.05) is 6.54 Å². The van der Waals surface area contributed by atoms with Crippen molar-refractivity contribution in [3.63, 3.8) is 0 Å². The van der Waals surface area contributed by atoms with E-state index in [9.17, 15) is 13.2 Å². The summed E-state index contributed by atoms with van der Waals surface area (Å²) in [6, 6.07) is 0. The first kappa shape index (κ1) is 16.6. The van der Waals surface area contributed by atoms with Gasteiger partial charge in [-0.1, -0.05) is 13.8 Å². The maximum absolute atomic E-state index is 11.9. The van der Waals surface area contributed by atoms with E-state index in [0.29, 0.717) is 12.5 Å². The molecule has 1 aromatic heterocycles. The highest BCUT2D eigenvalue weighted by Crippen LogP contribution is 2.08. The van der Waals surface area contributed by atoms with Crippen molar-refractivity contribution < 1.29 is 18.3 Å². The van der Waals surface area contributed by atoms with Crippen LogP contribution >= 0.6 is 0 Å². The monoisotopic (exact) mass is 303 g/mol. The zero-order chi connectivity index (χ0) is 15.2. The van der Waals surface area contributed by atoms with Crippen molar-refractivity contribution in [1.82, 2.24) is 14.5 Å². The Balaban J connectivity index is 2.53. The van der Waals surface area contributed by atoms with Crippen LogP contribution in [0.2, 0.25) is 0 Å². The van der Waals surface area contributed by atoms with Crippen LogP contribution in [0.1, 0.15) is 33.1 Å². The van der Waals surface area contributed by atoms with Crippen molar-refractivity contribution in [3.05, 3.63) is 12.4 Å². The van der Waals surface area contributed by atoms with E-state index in [1.165, 1.54) is 17.1 Å². The van der Waals surface area contributed by atoms with E-state index in [1.807, 2.05) is 0 Å². The normalized spacial score (nSPS) is 11.9. The summed E-state index contributed by atoms with van der Waals surface area (Å²) in [6.45, 7) is 4.71. The van der Waals surface area contributed by atoms with Crippen LogP contribution in [0.3, 0.4) is 0 Å². The molecule has 0 amide bonds. The molecule has 0 fully saturated rings. The first-order valence-electron chi connectivity index (χ1n) is 6.55. The van der Waals surface area contributed by atoms with E-state index in [-0.39, 0.29) is 17.9 Å². The number of carboxylic acids is 1. The fraction of sp³-hybridized carbons (Fsp3) is 0.667. The number of carboxylic acid groups (broad SMARTS) is 1. The molecule has 0 unspecified atom stereocenters. The van der Waals surface area contributed by atoms with Crippen LogP contribution in [0.5, 0.6) is 0 Å². The Kier molecular flexibility index (Phi) is 6.15. The predicted molar refractivity (Wildman–Crippen MR) is 73.7 cm³/mol. The van der Waals surface area contributed by atoms with Crippen LogP contribution in [-0.2, 0) is 21.4 Å². The summed E-state index contributed by atoms with van der Waals surface area (Å²) in [5.74, 6) is -0.407. The van der Waals surface area contributed by atoms with Crippen LogP contribution in [0, 0.1) is 5.92 Å². The first-order valence-corrected chi connectivity index (χ1v) is 8.03. The molecular formula is C12H21N3O4S. The summed E-state index contributed by atoms with van der Waals surface area (Å²) in [5, 5.41) is 12.4. The predicted octanol–water partition coefficient (Wildman–Crippen LogP) is 1.07. The van der Waals surface area contributed by atoms with E-state index in [1.54, 1.807) is 0 Å². The second kappa shape index (κ2) is 7.39. The second-order valence-corrected chi connectivity index (χ2v) is 6.78. The number of carbonyl (C=O) groups is 1. The van der Waals surface area contributed by atoms with Crippen LogP contribution in [0.15, 0.2) is 17.3 Å². The summed E-state index contributed by atoms with van der Waals surface area (Å²) in [7, 11) is -3.56. The summed E-state index contributed by atoms with van der Waals surface area (Å²) in [5.41, 5.74) is 0. The smallest absolute Gasteiger partial charge is 0.305 e. The molecule has 114 valence electrons. The third-order valence-corrected chi connectivity index (χ3v) is 4.14. The largest absolute Gasteiger partial charge is 0.481 e. The maximum atomic E-state index is 11.9. The Bertz CT molecular complexity index is 537. The van der Waals surface area contributed by atoms with Gasteiger partial charge < -0.3 is 5.11 Å². The van der Waals surface area contributed by atoms with Gasteiger partial charge in [0.1, 0.15) is 4.90 Å². The fourth-order valence-electron chi connectivity index (χ4n) is 1.62. The SMILES string of the molecule is CC(C)CCCNS(=O)(=O)c1cnn(CCC(=O)O)c1. The molecular weight excluding hydrogens is 282 g/mol. The quantitative estimate of drug-likeness (QED) is 0.665. The molecule has 8 heteroatoms. The number of nitrogens with zero attached hydrogens (tertiary/aromatic N) is 2. The van der Waals surface area contributed by atoms with Crippen LogP contribution in [0.25, 0.3) is 0 Å². The molecule has 0 aliphatic rings. The van der Waals surface area contributed by atoms with Crippen molar-refractivity contribution in [3.8, 4) is 0 Å². The standard InChI is InChI=1S/C12H21N3O4S/c1-10(2)4-3-6-14-20(18,19)11-8-13-15(9-11)7-5-12(16)17/h8-10,14H,3-7H2,1-2H3,(H,16,17). The van der Waals surface area contributed by atoms with Crippen molar-refractivity contribution in [1.29, 1.82) is 0 Å². The van der Waals surface area contributed by atoms with E-state index >= 15 is 0 Å². The van der Waals surface area contributed by atoms with Crippen LogP contribution < -0.4 is 4.72 Å².